The molecule has 2 heterocycles. The number of ether oxygens (including phenoxy) is 4. The van der Waals surface area contributed by atoms with Gasteiger partial charge in [0.15, 0.2) is 23.1 Å². The molecule has 5 rings (SSSR count). The van der Waals surface area contributed by atoms with Crippen molar-refractivity contribution in [1.29, 1.82) is 0 Å². The molecule has 1 atom stereocenters. The van der Waals surface area contributed by atoms with Crippen LogP contribution < -0.4 is 29.6 Å². The molecular formula is C29H28F2N4O5S. The molecule has 214 valence electrons. The van der Waals surface area contributed by atoms with E-state index in [9.17, 15) is 9.18 Å². The van der Waals surface area contributed by atoms with E-state index in [1.165, 1.54) is 30.6 Å². The first kappa shape index (κ1) is 28.2. The van der Waals surface area contributed by atoms with E-state index in [1.807, 2.05) is 6.26 Å². The zero-order valence-electron chi connectivity index (χ0n) is 22.4. The molecule has 41 heavy (non-hydrogen) atoms. The molecule has 2 N–H and O–H groups in total. The maximum absolute atomic E-state index is 15.1. The number of anilines is 1. The van der Waals surface area contributed by atoms with E-state index in [4.69, 9.17) is 18.9 Å². The Balaban J connectivity index is 1.32. The summed E-state index contributed by atoms with van der Waals surface area (Å²) >= 11 is 1.74. The molecule has 2 amide bonds. The standard InChI is InChI=1S/C29H28F2N4O5S/c1-17(18-4-6-19(30)7-5-18)34-29(36)35-20-8-9-23(21(31)14-20)40-28-25-22(32-16-33-28)15-24(37-10-3-13-41-2)26-27(25)39-12-11-38-26/h4-9,14-17H,3,10-13H2,1-2H3,(H2,34,35,36). The van der Waals surface area contributed by atoms with E-state index in [0.29, 0.717) is 48.0 Å². The molecule has 0 fully saturated rings. The van der Waals surface area contributed by atoms with Crippen LogP contribution in [-0.4, -0.2) is 47.8 Å². The van der Waals surface area contributed by atoms with Crippen molar-refractivity contribution in [2.24, 2.45) is 0 Å². The van der Waals surface area contributed by atoms with Gasteiger partial charge in [0.2, 0.25) is 11.6 Å². The molecule has 0 saturated heterocycles. The molecule has 4 aromatic rings. The number of carbonyl (C=O) groups excluding carboxylic acids is 1. The first-order valence-electron chi connectivity index (χ1n) is 12.9. The minimum absolute atomic E-state index is 0.0798. The van der Waals surface area contributed by atoms with Crippen molar-refractivity contribution in [3.63, 3.8) is 0 Å². The van der Waals surface area contributed by atoms with Gasteiger partial charge in [-0.3, -0.25) is 0 Å². The summed E-state index contributed by atoms with van der Waals surface area (Å²) in [5.41, 5.74) is 1.42. The molecule has 0 radical (unpaired) electrons. The molecule has 1 unspecified atom stereocenters. The third-order valence-electron chi connectivity index (χ3n) is 6.21. The summed E-state index contributed by atoms with van der Waals surface area (Å²) in [6.45, 7) is 2.92. The third-order valence-corrected chi connectivity index (χ3v) is 6.90. The van der Waals surface area contributed by atoms with Crippen LogP contribution in [0.4, 0.5) is 19.3 Å². The average Bonchev–Trinajstić information content (AvgIpc) is 2.97. The van der Waals surface area contributed by atoms with Crippen molar-refractivity contribution in [2.45, 2.75) is 19.4 Å². The first-order valence-corrected chi connectivity index (χ1v) is 14.3. The largest absolute Gasteiger partial charge is 0.489 e. The minimum Gasteiger partial charge on any atom is -0.489 e. The van der Waals surface area contributed by atoms with Crippen molar-refractivity contribution in [1.82, 2.24) is 15.3 Å². The molecule has 3 aromatic carbocycles. The minimum atomic E-state index is -0.721. The van der Waals surface area contributed by atoms with Crippen LogP contribution in [0.2, 0.25) is 0 Å². The van der Waals surface area contributed by atoms with Gasteiger partial charge in [0.1, 0.15) is 30.7 Å². The number of halogens is 2. The Morgan fingerprint density at radius 1 is 1.05 bits per heavy atom. The lowest BCUT2D eigenvalue weighted by Gasteiger charge is -2.23. The highest BCUT2D eigenvalue weighted by atomic mass is 32.2. The quantitative estimate of drug-likeness (QED) is 0.205. The first-order chi connectivity index (χ1) is 19.9. The normalized spacial score (nSPS) is 13.0. The predicted molar refractivity (Wildman–Crippen MR) is 152 cm³/mol. The Bertz CT molecular complexity index is 1540. The van der Waals surface area contributed by atoms with Crippen LogP contribution in [0.1, 0.15) is 24.9 Å². The number of hydrogen-bond donors (Lipinski definition) is 2. The van der Waals surface area contributed by atoms with E-state index < -0.39 is 17.9 Å². The second-order valence-electron chi connectivity index (χ2n) is 9.12. The fourth-order valence-electron chi connectivity index (χ4n) is 4.22. The third kappa shape index (κ3) is 6.71. The number of rotatable bonds is 10. The smallest absolute Gasteiger partial charge is 0.319 e. The highest BCUT2D eigenvalue weighted by Crippen LogP contribution is 2.48. The monoisotopic (exact) mass is 582 g/mol. The number of thioether (sulfide) groups is 1. The molecule has 1 aliphatic heterocycles. The predicted octanol–water partition coefficient (Wildman–Crippen LogP) is 6.49. The van der Waals surface area contributed by atoms with Crippen molar-refractivity contribution in [2.75, 3.05) is 37.1 Å². The maximum Gasteiger partial charge on any atom is 0.319 e. The number of carbonyl (C=O) groups is 1. The lowest BCUT2D eigenvalue weighted by atomic mass is 10.1. The van der Waals surface area contributed by atoms with Crippen LogP contribution in [0.25, 0.3) is 10.9 Å². The fraction of sp³-hybridized carbons (Fsp3) is 0.276. The van der Waals surface area contributed by atoms with Crippen molar-refractivity contribution in [3.05, 3.63) is 72.1 Å². The summed E-state index contributed by atoms with van der Waals surface area (Å²) in [6.07, 6.45) is 4.22. The number of fused-ring (bicyclic) bond motifs is 3. The number of aromatic nitrogens is 2. The van der Waals surface area contributed by atoms with Gasteiger partial charge in [-0.15, -0.1) is 0 Å². The number of urea groups is 1. The van der Waals surface area contributed by atoms with Crippen LogP contribution in [0.3, 0.4) is 0 Å². The van der Waals surface area contributed by atoms with Gasteiger partial charge in [-0.25, -0.2) is 23.5 Å². The highest BCUT2D eigenvalue weighted by molar-refractivity contribution is 7.98. The molecule has 1 aliphatic rings. The molecule has 1 aromatic heterocycles. The van der Waals surface area contributed by atoms with Crippen LogP contribution in [0, 0.1) is 11.6 Å². The van der Waals surface area contributed by atoms with Gasteiger partial charge in [-0.05, 0) is 55.2 Å². The number of nitrogens with zero attached hydrogens (tertiary/aromatic N) is 2. The molecular weight excluding hydrogens is 554 g/mol. The highest BCUT2D eigenvalue weighted by Gasteiger charge is 2.26. The molecule has 0 aliphatic carbocycles. The lowest BCUT2D eigenvalue weighted by molar-refractivity contribution is 0.164. The van der Waals surface area contributed by atoms with Gasteiger partial charge in [0.05, 0.1) is 18.2 Å². The molecule has 12 heteroatoms. The van der Waals surface area contributed by atoms with Crippen molar-refractivity contribution < 1.29 is 32.5 Å². The number of amides is 2. The topological polar surface area (TPSA) is 104 Å². The number of benzene rings is 3. The van der Waals surface area contributed by atoms with E-state index in [1.54, 1.807) is 36.9 Å². The van der Waals surface area contributed by atoms with E-state index in [2.05, 4.69) is 20.6 Å². The Hall–Kier alpha value is -4.32. The van der Waals surface area contributed by atoms with Gasteiger partial charge in [0, 0.05) is 17.8 Å². The Labute approximate surface area is 239 Å². The Kier molecular flexibility index (Phi) is 8.88. The fourth-order valence-corrected chi connectivity index (χ4v) is 4.62. The Morgan fingerprint density at radius 2 is 1.83 bits per heavy atom. The summed E-state index contributed by atoms with van der Waals surface area (Å²) in [7, 11) is 0. The summed E-state index contributed by atoms with van der Waals surface area (Å²) in [4.78, 5) is 21.0. The van der Waals surface area contributed by atoms with Crippen molar-refractivity contribution >= 4 is 34.4 Å². The number of nitrogens with one attached hydrogen (secondary N) is 2. The number of hydrogen-bond acceptors (Lipinski definition) is 8. The zero-order chi connectivity index (χ0) is 28.8. The second kappa shape index (κ2) is 12.9. The summed E-state index contributed by atoms with van der Waals surface area (Å²) < 4.78 is 51.9. The Morgan fingerprint density at radius 3 is 2.59 bits per heavy atom. The molecule has 0 saturated carbocycles. The molecule has 0 spiro atoms. The van der Waals surface area contributed by atoms with Crippen LogP contribution in [0.5, 0.6) is 28.9 Å². The van der Waals surface area contributed by atoms with Crippen LogP contribution in [0.15, 0.2) is 54.9 Å². The second-order valence-corrected chi connectivity index (χ2v) is 10.1. The van der Waals surface area contributed by atoms with Crippen molar-refractivity contribution in [3.8, 4) is 28.9 Å². The lowest BCUT2D eigenvalue weighted by Crippen LogP contribution is -2.31. The summed E-state index contributed by atoms with van der Waals surface area (Å²) in [5, 5.41) is 5.75. The van der Waals surface area contributed by atoms with E-state index in [-0.39, 0.29) is 23.1 Å². The van der Waals surface area contributed by atoms with Gasteiger partial charge in [-0.2, -0.15) is 11.8 Å². The van der Waals surface area contributed by atoms with E-state index >= 15 is 4.39 Å². The average molecular weight is 583 g/mol. The van der Waals surface area contributed by atoms with Gasteiger partial charge >= 0.3 is 6.03 Å². The molecule has 0 bridgehead atoms. The van der Waals surface area contributed by atoms with Gasteiger partial charge < -0.3 is 29.6 Å². The van der Waals surface area contributed by atoms with Gasteiger partial charge in [0.25, 0.3) is 0 Å². The van der Waals surface area contributed by atoms with Crippen LogP contribution >= 0.6 is 11.8 Å². The maximum atomic E-state index is 15.1. The molecule has 9 nitrogen and oxygen atoms in total. The van der Waals surface area contributed by atoms with Gasteiger partial charge in [-0.1, -0.05) is 12.1 Å². The van der Waals surface area contributed by atoms with E-state index in [0.717, 1.165) is 23.8 Å². The SMILES string of the molecule is CSCCCOc1cc2ncnc(Oc3ccc(NC(=O)NC(C)c4ccc(F)cc4)cc3F)c2c2c1OCCO2. The summed E-state index contributed by atoms with van der Waals surface area (Å²) in [5.74, 6) is 1.15. The van der Waals surface area contributed by atoms with Crippen LogP contribution in [-0.2, 0) is 0 Å². The zero-order valence-corrected chi connectivity index (χ0v) is 23.2. The summed E-state index contributed by atoms with van der Waals surface area (Å²) in [6, 6.07) is 10.6.